The quantitative estimate of drug-likeness (QED) is 0.372. The second-order valence-electron chi connectivity index (χ2n) is 8.66. The number of rotatable bonds is 7. The Morgan fingerprint density at radius 1 is 1.11 bits per heavy atom. The number of para-hydroxylation sites is 1. The van der Waals surface area contributed by atoms with Gasteiger partial charge in [-0.05, 0) is 61.5 Å². The molecule has 5 rings (SSSR count). The van der Waals surface area contributed by atoms with Crippen LogP contribution in [0.5, 0.6) is 0 Å². The molecule has 4 aromatic rings. The predicted molar refractivity (Wildman–Crippen MR) is 144 cm³/mol. The molecule has 0 radical (unpaired) electrons. The standard InChI is InChI=1S/C25H27N5O3S2.2H2/c1-18(30-16-10-19-4-2-3-5-23(19)30)24(31)27-20-11-14-29(15-12-20)21-6-8-22(9-7-21)35(32,33)28-25-26-13-17-34-25;;/h2-10,13,16-18,20H,11-12,14-15H2,1H3,(H,26,28)(H,27,31);2*1H/t18-;;/m1../s1. The van der Waals surface area contributed by atoms with Crippen LogP contribution in [0.4, 0.5) is 10.8 Å². The first-order valence-electron chi connectivity index (χ1n) is 11.5. The van der Waals surface area contributed by atoms with Crippen molar-refractivity contribution in [2.24, 2.45) is 0 Å². The van der Waals surface area contributed by atoms with Gasteiger partial charge in [0, 0.05) is 51.0 Å². The Morgan fingerprint density at radius 2 is 1.86 bits per heavy atom. The van der Waals surface area contributed by atoms with E-state index in [4.69, 9.17) is 0 Å². The second-order valence-corrected chi connectivity index (χ2v) is 11.2. The molecule has 1 atom stereocenters. The summed E-state index contributed by atoms with van der Waals surface area (Å²) < 4.78 is 29.6. The van der Waals surface area contributed by atoms with E-state index in [1.54, 1.807) is 23.7 Å². The summed E-state index contributed by atoms with van der Waals surface area (Å²) in [6, 6.07) is 16.8. The van der Waals surface area contributed by atoms with Gasteiger partial charge in [-0.15, -0.1) is 11.3 Å². The third-order valence-corrected chi connectivity index (χ3v) is 8.61. The highest BCUT2D eigenvalue weighted by Gasteiger charge is 2.24. The van der Waals surface area contributed by atoms with Crippen molar-refractivity contribution in [1.29, 1.82) is 0 Å². The van der Waals surface area contributed by atoms with E-state index in [1.807, 2.05) is 60.2 Å². The molecular weight excluding hydrogens is 482 g/mol. The van der Waals surface area contributed by atoms with E-state index < -0.39 is 10.0 Å². The number of benzene rings is 2. The normalized spacial score (nSPS) is 15.7. The predicted octanol–water partition coefficient (Wildman–Crippen LogP) is 4.74. The number of sulfonamides is 1. The third-order valence-electron chi connectivity index (χ3n) is 6.43. The zero-order valence-electron chi connectivity index (χ0n) is 19.3. The fourth-order valence-corrected chi connectivity index (χ4v) is 6.24. The van der Waals surface area contributed by atoms with Gasteiger partial charge in [-0.25, -0.2) is 13.4 Å². The Morgan fingerprint density at radius 3 is 2.57 bits per heavy atom. The van der Waals surface area contributed by atoms with Crippen LogP contribution in [0.15, 0.2) is 77.3 Å². The lowest BCUT2D eigenvalue weighted by molar-refractivity contribution is -0.124. The maximum atomic E-state index is 12.9. The van der Waals surface area contributed by atoms with E-state index in [0.29, 0.717) is 5.13 Å². The highest BCUT2D eigenvalue weighted by Crippen LogP contribution is 2.25. The molecular formula is C25H31N5O3S2. The summed E-state index contributed by atoms with van der Waals surface area (Å²) in [5.74, 6) is 0.0205. The third kappa shape index (κ3) is 5.03. The van der Waals surface area contributed by atoms with E-state index in [1.165, 1.54) is 11.3 Å². The number of aromatic nitrogens is 2. The van der Waals surface area contributed by atoms with E-state index in [0.717, 1.165) is 42.5 Å². The highest BCUT2D eigenvalue weighted by molar-refractivity contribution is 7.93. The number of hydrogen-bond acceptors (Lipinski definition) is 6. The summed E-state index contributed by atoms with van der Waals surface area (Å²) in [7, 11) is -3.66. The molecule has 3 heterocycles. The van der Waals surface area contributed by atoms with Crippen LogP contribution in [0, 0.1) is 0 Å². The summed E-state index contributed by atoms with van der Waals surface area (Å²) in [5.41, 5.74) is 2.02. The summed E-state index contributed by atoms with van der Waals surface area (Å²) in [6.45, 7) is 3.50. The van der Waals surface area contributed by atoms with Gasteiger partial charge in [0.05, 0.1) is 4.90 Å². The lowest BCUT2D eigenvalue weighted by Gasteiger charge is -2.34. The minimum absolute atomic E-state index is 0. The Balaban J connectivity index is 0.00000190. The lowest BCUT2D eigenvalue weighted by atomic mass is 10.0. The number of amides is 1. The Kier molecular flexibility index (Phi) is 6.48. The molecule has 0 spiro atoms. The van der Waals surface area contributed by atoms with Gasteiger partial charge >= 0.3 is 0 Å². The van der Waals surface area contributed by atoms with Crippen molar-refractivity contribution < 1.29 is 16.1 Å². The number of thiazole rings is 1. The molecule has 0 aliphatic carbocycles. The van der Waals surface area contributed by atoms with Gasteiger partial charge < -0.3 is 14.8 Å². The van der Waals surface area contributed by atoms with Crippen LogP contribution in [0.3, 0.4) is 0 Å². The average Bonchev–Trinajstić information content (AvgIpc) is 3.54. The van der Waals surface area contributed by atoms with Gasteiger partial charge in [-0.3, -0.25) is 9.52 Å². The molecule has 0 saturated carbocycles. The Hall–Kier alpha value is -3.37. The van der Waals surface area contributed by atoms with E-state index >= 15 is 0 Å². The topological polar surface area (TPSA) is 96.3 Å². The van der Waals surface area contributed by atoms with Crippen LogP contribution in [0.25, 0.3) is 10.9 Å². The summed E-state index contributed by atoms with van der Waals surface area (Å²) >= 11 is 1.23. The Bertz CT molecular complexity index is 1420. The highest BCUT2D eigenvalue weighted by atomic mass is 32.2. The van der Waals surface area contributed by atoms with E-state index in [9.17, 15) is 13.2 Å². The van der Waals surface area contributed by atoms with Gasteiger partial charge in [0.1, 0.15) is 6.04 Å². The number of carbonyl (C=O) groups is 1. The molecule has 1 aliphatic rings. The zero-order chi connectivity index (χ0) is 24.4. The lowest BCUT2D eigenvalue weighted by Crippen LogP contribution is -2.46. The van der Waals surface area contributed by atoms with Crippen LogP contribution < -0.4 is 14.9 Å². The first kappa shape index (κ1) is 23.4. The van der Waals surface area contributed by atoms with Crippen LogP contribution >= 0.6 is 11.3 Å². The fourth-order valence-electron chi connectivity index (χ4n) is 4.46. The maximum absolute atomic E-state index is 12.9. The fraction of sp³-hybridized carbons (Fsp3) is 0.280. The molecule has 1 saturated heterocycles. The molecule has 2 aromatic heterocycles. The van der Waals surface area contributed by atoms with Crippen molar-refractivity contribution in [1.82, 2.24) is 14.9 Å². The molecule has 35 heavy (non-hydrogen) atoms. The van der Waals surface area contributed by atoms with Gasteiger partial charge in [0.25, 0.3) is 10.0 Å². The molecule has 1 aliphatic heterocycles. The number of nitrogens with one attached hydrogen (secondary N) is 2. The molecule has 1 fully saturated rings. The average molecular weight is 514 g/mol. The number of nitrogens with zero attached hydrogens (tertiary/aromatic N) is 3. The van der Waals surface area contributed by atoms with Crippen molar-refractivity contribution in [2.75, 3.05) is 22.7 Å². The van der Waals surface area contributed by atoms with Crippen LogP contribution in [0.1, 0.15) is 28.7 Å². The SMILES string of the molecule is C[C@H](C(=O)NC1CCN(c2ccc(S(=O)(=O)Nc3nccs3)cc2)CC1)n1ccc2ccccc21.[HH].[HH]. The number of carbonyl (C=O) groups excluding carboxylic acids is 1. The second kappa shape index (κ2) is 9.71. The molecule has 186 valence electrons. The van der Waals surface area contributed by atoms with Gasteiger partial charge in [0.15, 0.2) is 5.13 Å². The first-order chi connectivity index (χ1) is 16.9. The van der Waals surface area contributed by atoms with Crippen LogP contribution in [-0.4, -0.2) is 43.0 Å². The monoisotopic (exact) mass is 513 g/mol. The molecule has 10 heteroatoms. The van der Waals surface area contributed by atoms with E-state index in [2.05, 4.69) is 19.9 Å². The largest absolute Gasteiger partial charge is 0.371 e. The maximum Gasteiger partial charge on any atom is 0.263 e. The first-order valence-corrected chi connectivity index (χ1v) is 13.9. The molecule has 2 N–H and O–H groups in total. The molecule has 0 bridgehead atoms. The minimum Gasteiger partial charge on any atom is -0.371 e. The Labute approximate surface area is 211 Å². The van der Waals surface area contributed by atoms with Crippen molar-refractivity contribution in [3.63, 3.8) is 0 Å². The minimum atomic E-state index is -3.66. The van der Waals surface area contributed by atoms with Gasteiger partial charge in [-0.1, -0.05) is 18.2 Å². The molecule has 0 unspecified atom stereocenters. The zero-order valence-corrected chi connectivity index (χ0v) is 20.9. The van der Waals surface area contributed by atoms with Gasteiger partial charge in [0.2, 0.25) is 5.91 Å². The smallest absolute Gasteiger partial charge is 0.263 e. The molecule has 8 nitrogen and oxygen atoms in total. The summed E-state index contributed by atoms with van der Waals surface area (Å²) in [5, 5.41) is 6.40. The van der Waals surface area contributed by atoms with Crippen LogP contribution in [-0.2, 0) is 14.8 Å². The number of hydrogen-bond donors (Lipinski definition) is 2. The van der Waals surface area contributed by atoms with E-state index in [-0.39, 0.29) is 25.7 Å². The molecule has 2 aromatic carbocycles. The van der Waals surface area contributed by atoms with Crippen LogP contribution in [0.2, 0.25) is 0 Å². The van der Waals surface area contributed by atoms with Crippen molar-refractivity contribution in [3.05, 3.63) is 72.4 Å². The summed E-state index contributed by atoms with van der Waals surface area (Å²) in [6.07, 6.45) is 5.18. The molecule has 1 amide bonds. The number of piperidine rings is 1. The number of fused-ring (bicyclic) bond motifs is 1. The number of anilines is 2. The van der Waals surface area contributed by atoms with Gasteiger partial charge in [-0.2, -0.15) is 0 Å². The van der Waals surface area contributed by atoms with Crippen molar-refractivity contribution in [3.8, 4) is 0 Å². The van der Waals surface area contributed by atoms with Crippen molar-refractivity contribution >= 4 is 49.0 Å². The summed E-state index contributed by atoms with van der Waals surface area (Å²) in [4.78, 5) is 19.3. The van der Waals surface area contributed by atoms with Crippen molar-refractivity contribution in [2.45, 2.75) is 36.7 Å².